The molecule has 0 spiro atoms. The number of allylic oxidation sites excluding steroid dienone is 1. The number of halogens is 2. The first-order valence-electron chi connectivity index (χ1n) is 21.2. The molecule has 3 fully saturated rings. The van der Waals surface area contributed by atoms with Crippen molar-refractivity contribution in [2.75, 3.05) is 31.6 Å². The van der Waals surface area contributed by atoms with Crippen molar-refractivity contribution in [2.24, 2.45) is 17.8 Å². The molecule has 1 aromatic heterocycles. The van der Waals surface area contributed by atoms with E-state index in [2.05, 4.69) is 19.9 Å². The molecule has 7 rings (SSSR count). The number of nitrogens with one attached hydrogen (secondary N) is 2. The predicted molar refractivity (Wildman–Crippen MR) is 223 cm³/mol. The number of ether oxygens (including phenoxy) is 2. The highest BCUT2D eigenvalue weighted by Gasteiger charge is 2.63. The zero-order valence-corrected chi connectivity index (χ0v) is 36.7. The fourth-order valence-electron chi connectivity index (χ4n) is 9.14. The van der Waals surface area contributed by atoms with Gasteiger partial charge in [-0.05, 0) is 89.3 Å². The third kappa shape index (κ3) is 8.08. The second-order valence-electron chi connectivity index (χ2n) is 18.6. The molecule has 2 aromatic rings. The number of rotatable bonds is 9. The molecule has 2 saturated carbocycles. The van der Waals surface area contributed by atoms with E-state index in [1.165, 1.54) is 4.90 Å². The number of carboxylic acid groups (broad SMARTS) is 1. The number of sulfonamides is 1. The zero-order chi connectivity index (χ0) is 44.4. The molecule has 1 aromatic carbocycles. The van der Waals surface area contributed by atoms with Crippen LogP contribution in [0.15, 0.2) is 36.5 Å². The quantitative estimate of drug-likeness (QED) is 0.271. The second-order valence-corrected chi connectivity index (χ2v) is 20.8. The van der Waals surface area contributed by atoms with Gasteiger partial charge in [0.15, 0.2) is 5.75 Å². The number of nitrogens with zero attached hydrogens (tertiary/aromatic N) is 4. The van der Waals surface area contributed by atoms with E-state index in [1.54, 1.807) is 32.2 Å². The number of pyridine rings is 1. The maximum absolute atomic E-state index is 15.5. The molecule has 5 aliphatic rings. The largest absolute Gasteiger partial charge is 0.489 e. The lowest BCUT2D eigenvalue weighted by Crippen LogP contribution is -2.67. The smallest absolute Gasteiger partial charge is 0.408 e. The van der Waals surface area contributed by atoms with Crippen molar-refractivity contribution in [3.63, 3.8) is 0 Å². The van der Waals surface area contributed by atoms with E-state index in [9.17, 15) is 27.9 Å². The number of hydrogen-bond acceptors (Lipinski definition) is 10. The van der Waals surface area contributed by atoms with Crippen molar-refractivity contribution >= 4 is 50.3 Å². The summed E-state index contributed by atoms with van der Waals surface area (Å²) in [4.78, 5) is 65.7. The first kappa shape index (κ1) is 44.3. The Balaban J connectivity index is 1.30. The van der Waals surface area contributed by atoms with E-state index < -0.39 is 85.6 Å². The van der Waals surface area contributed by atoms with Crippen LogP contribution in [0.4, 0.5) is 19.3 Å². The van der Waals surface area contributed by atoms with E-state index >= 15 is 13.6 Å². The number of anilines is 1. The van der Waals surface area contributed by atoms with E-state index in [0.29, 0.717) is 68.2 Å². The Morgan fingerprint density at radius 2 is 1.87 bits per heavy atom. The average molecular weight is 873 g/mol. The highest BCUT2D eigenvalue weighted by molar-refractivity contribution is 7.91. The van der Waals surface area contributed by atoms with Crippen LogP contribution in [-0.2, 0) is 24.4 Å². The van der Waals surface area contributed by atoms with Gasteiger partial charge in [-0.25, -0.2) is 27.0 Å². The van der Waals surface area contributed by atoms with Gasteiger partial charge in [0.25, 0.3) is 11.8 Å². The minimum atomic E-state index is -4.09. The maximum atomic E-state index is 15.5. The predicted octanol–water partition coefficient (Wildman–Crippen LogP) is 5.47. The van der Waals surface area contributed by atoms with Crippen molar-refractivity contribution in [1.29, 1.82) is 0 Å². The number of hydrogen-bond donors (Lipinski definition) is 3. The third-order valence-corrected chi connectivity index (χ3v) is 16.1. The van der Waals surface area contributed by atoms with Crippen LogP contribution in [0, 0.1) is 17.8 Å². The average Bonchev–Trinajstić information content (AvgIpc) is 4.07. The summed E-state index contributed by atoms with van der Waals surface area (Å²) in [5, 5.41) is 14.9. The van der Waals surface area contributed by atoms with E-state index in [1.807, 2.05) is 32.2 Å². The van der Waals surface area contributed by atoms with E-state index in [0.717, 1.165) is 24.9 Å². The lowest BCUT2D eigenvalue weighted by molar-refractivity contribution is -0.157. The van der Waals surface area contributed by atoms with Crippen molar-refractivity contribution in [3.05, 3.63) is 36.5 Å². The lowest BCUT2D eigenvalue weighted by atomic mass is 9.81. The third-order valence-electron chi connectivity index (χ3n) is 13.9. The molecule has 4 amide bonds. The number of aromatic nitrogens is 1. The Labute approximate surface area is 355 Å². The molecule has 7 atom stereocenters. The van der Waals surface area contributed by atoms with Crippen LogP contribution in [0.2, 0.25) is 0 Å². The maximum Gasteiger partial charge on any atom is 0.408 e. The molecule has 2 aliphatic carbocycles. The van der Waals surface area contributed by atoms with Crippen LogP contribution in [0.25, 0.3) is 10.8 Å². The number of carbonyl (C=O) groups is 4. The van der Waals surface area contributed by atoms with Crippen LogP contribution in [0.1, 0.15) is 92.9 Å². The molecule has 3 N–H and O–H groups in total. The van der Waals surface area contributed by atoms with Crippen LogP contribution in [0.3, 0.4) is 0 Å². The Morgan fingerprint density at radius 1 is 1.15 bits per heavy atom. The summed E-state index contributed by atoms with van der Waals surface area (Å²) in [6.07, 6.45) is 4.99. The van der Waals surface area contributed by atoms with Gasteiger partial charge in [-0.15, -0.1) is 0 Å². The molecule has 0 unspecified atom stereocenters. The molecule has 1 saturated heterocycles. The molecule has 3 aliphatic heterocycles. The fraction of sp³-hybridized carbons (Fsp3) is 0.651. The monoisotopic (exact) mass is 872 g/mol. The topological polar surface area (TPSA) is 188 Å². The molecule has 4 heterocycles. The van der Waals surface area contributed by atoms with Crippen LogP contribution >= 0.6 is 0 Å². The van der Waals surface area contributed by atoms with E-state index in [-0.39, 0.29) is 37.6 Å². The summed E-state index contributed by atoms with van der Waals surface area (Å²) < 4.78 is 71.3. The second kappa shape index (κ2) is 15.9. The van der Waals surface area contributed by atoms with Gasteiger partial charge >= 0.3 is 6.09 Å². The highest BCUT2D eigenvalue weighted by atomic mass is 32.2. The summed E-state index contributed by atoms with van der Waals surface area (Å²) in [5.41, 5.74) is -3.16. The van der Waals surface area contributed by atoms with Crippen molar-refractivity contribution < 1.29 is 51.0 Å². The molecule has 61 heavy (non-hydrogen) atoms. The van der Waals surface area contributed by atoms with Crippen molar-refractivity contribution in [2.45, 2.75) is 133 Å². The number of benzene rings is 1. The first-order valence-corrected chi connectivity index (χ1v) is 22.7. The number of carbonyl (C=O) groups excluding carboxylic acids is 3. The molecular weight excluding hydrogens is 815 g/mol. The van der Waals surface area contributed by atoms with Gasteiger partial charge in [-0.3, -0.25) is 24.0 Å². The van der Waals surface area contributed by atoms with Crippen LogP contribution in [0.5, 0.6) is 11.6 Å². The van der Waals surface area contributed by atoms with Gasteiger partial charge < -0.3 is 29.7 Å². The van der Waals surface area contributed by atoms with Crippen LogP contribution in [-0.4, -0.2) is 119 Å². The number of alkyl halides is 2. The Bertz CT molecular complexity index is 2230. The van der Waals surface area contributed by atoms with Crippen molar-refractivity contribution in [1.82, 2.24) is 24.8 Å². The summed E-state index contributed by atoms with van der Waals surface area (Å²) in [7, 11) is -2.14. The molecule has 15 nitrogen and oxygen atoms in total. The normalized spacial score (nSPS) is 29.2. The summed E-state index contributed by atoms with van der Waals surface area (Å²) in [6, 6.07) is 2.50. The van der Waals surface area contributed by atoms with Gasteiger partial charge in [-0.2, -0.15) is 0 Å². The van der Waals surface area contributed by atoms with Gasteiger partial charge in [-0.1, -0.05) is 32.4 Å². The van der Waals surface area contributed by atoms with Gasteiger partial charge in [0, 0.05) is 43.3 Å². The molecule has 18 heteroatoms. The molecule has 0 bridgehead atoms. The molecular formula is C43H58F2N6O9S. The summed E-state index contributed by atoms with van der Waals surface area (Å²) in [6.45, 7) is 8.97. The first-order chi connectivity index (χ1) is 28.5. The standard InChI is InChI=1S/C43H58F2N6O9S/c1-8-26-21-25(2)11-9-10-12-27-23-43(27,38(54)48-61(57,58)41(5)16-17-41)47-35(52)32-22-28(24-50(32)37(53)33(26)51(39(55)56)40(3,4)42(6,44)45)60-36-30-13-14-31-34(29(30)15-18-46-36)59-20-19-49(31)7/h10,12-15,18,25-28,32-33H,8-9,11,16-17,19-24H2,1-7H3,(H,47,52)(H,48,54)(H,55,56)/t25-,26-,27-,28-,32+,33+,43-/m1/s1. The van der Waals surface area contributed by atoms with Gasteiger partial charge in [0.05, 0.1) is 23.5 Å². The Morgan fingerprint density at radius 3 is 2.52 bits per heavy atom. The lowest BCUT2D eigenvalue weighted by Gasteiger charge is -2.47. The fourth-order valence-corrected chi connectivity index (χ4v) is 10.5. The summed E-state index contributed by atoms with van der Waals surface area (Å²) in [5.74, 6) is -6.70. The molecule has 334 valence electrons. The Kier molecular flexibility index (Phi) is 11.5. The minimum Gasteiger partial charge on any atom is -0.489 e. The van der Waals surface area contributed by atoms with Gasteiger partial charge in [0.1, 0.15) is 35.9 Å². The number of amides is 4. The van der Waals surface area contributed by atoms with E-state index in [4.69, 9.17) is 9.47 Å². The Hall–Kier alpha value is -4.74. The summed E-state index contributed by atoms with van der Waals surface area (Å²) >= 11 is 0. The molecule has 0 radical (unpaired) electrons. The highest BCUT2D eigenvalue weighted by Crippen LogP contribution is 2.48. The minimum absolute atomic E-state index is 0.0928. The SMILES string of the molecule is CC[C@@H]1C[C@H](C)CCC=C[C@@H]2C[C@@]2(C(=O)NS(=O)(=O)C2(C)CC2)NC(=O)[C@@H]2C[C@@H](Oc3nccc4c5c(ccc34)N(C)CCO5)CN2C(=O)[C@H]1N(C(=O)O)C(C)(C)C(C)(F)F. The number of fused-ring (bicyclic) bond motifs is 5. The zero-order valence-electron chi connectivity index (χ0n) is 35.9. The van der Waals surface area contributed by atoms with Gasteiger partial charge in [0.2, 0.25) is 27.7 Å². The number of likely N-dealkylation sites (N-methyl/N-ethyl adjacent to an activating group) is 1. The van der Waals surface area contributed by atoms with Crippen LogP contribution < -0.4 is 24.4 Å². The van der Waals surface area contributed by atoms with Crippen molar-refractivity contribution in [3.8, 4) is 11.6 Å².